The number of carbonyl (C=O) groups excluding carboxylic acids is 2. The molecule has 0 saturated heterocycles. The molecule has 0 aliphatic heterocycles. The Morgan fingerprint density at radius 2 is 1.86 bits per heavy atom. The number of carbonyl (C=O) groups is 3. The van der Waals surface area contributed by atoms with Crippen LogP contribution >= 0.6 is 0 Å². The minimum Gasteiger partial charge on any atom is -0.507 e. The third-order valence-electron chi connectivity index (χ3n) is 3.05. The van der Waals surface area contributed by atoms with E-state index in [0.29, 0.717) is 19.4 Å². The smallest absolute Gasteiger partial charge is 0.326 e. The van der Waals surface area contributed by atoms with Crippen LogP contribution in [-0.2, 0) is 9.59 Å². The number of aliphatic carboxylic acids is 1. The van der Waals surface area contributed by atoms with Crippen molar-refractivity contribution >= 4 is 17.8 Å². The number of aromatic hydroxyl groups is 1. The van der Waals surface area contributed by atoms with Crippen LogP contribution in [-0.4, -0.2) is 40.6 Å². The van der Waals surface area contributed by atoms with Crippen molar-refractivity contribution in [1.29, 1.82) is 0 Å². The molecule has 1 atom stereocenters. The number of hydrogen-bond acceptors (Lipinski definition) is 4. The molecule has 4 N–H and O–H groups in total. The number of carboxylic acid groups (broad SMARTS) is 1. The fourth-order valence-electron chi connectivity index (χ4n) is 1.90. The summed E-state index contributed by atoms with van der Waals surface area (Å²) in [5.41, 5.74) is 0.0343. The summed E-state index contributed by atoms with van der Waals surface area (Å²) in [6.07, 6.45) is 1.41. The topological polar surface area (TPSA) is 116 Å². The highest BCUT2D eigenvalue weighted by atomic mass is 16.4. The number of hydrogen-bond donors (Lipinski definition) is 4. The highest BCUT2D eigenvalue weighted by Gasteiger charge is 2.21. The molecule has 0 saturated carbocycles. The molecule has 1 aromatic carbocycles. The number of rotatable bonds is 8. The average Bonchev–Trinajstić information content (AvgIpc) is 2.45. The molecule has 1 aromatic rings. The Balaban J connectivity index is 2.50. The average molecular weight is 308 g/mol. The Labute approximate surface area is 128 Å². The van der Waals surface area contributed by atoms with E-state index in [2.05, 4.69) is 10.6 Å². The maximum Gasteiger partial charge on any atom is 0.326 e. The molecule has 0 aliphatic rings. The van der Waals surface area contributed by atoms with Crippen molar-refractivity contribution < 1.29 is 24.6 Å². The van der Waals surface area contributed by atoms with Gasteiger partial charge in [0.25, 0.3) is 5.91 Å². The van der Waals surface area contributed by atoms with E-state index >= 15 is 0 Å². The van der Waals surface area contributed by atoms with E-state index < -0.39 is 17.9 Å². The quantitative estimate of drug-likeness (QED) is 0.532. The Bertz CT molecular complexity index is 544. The lowest BCUT2D eigenvalue weighted by Crippen LogP contribution is -2.40. The van der Waals surface area contributed by atoms with Gasteiger partial charge in [-0.05, 0) is 31.4 Å². The largest absolute Gasteiger partial charge is 0.507 e. The van der Waals surface area contributed by atoms with Gasteiger partial charge in [-0.2, -0.15) is 0 Å². The molecular weight excluding hydrogens is 288 g/mol. The first-order valence-corrected chi connectivity index (χ1v) is 6.98. The van der Waals surface area contributed by atoms with Crippen LogP contribution in [0.2, 0.25) is 0 Å². The highest BCUT2D eigenvalue weighted by molar-refractivity contribution is 5.98. The van der Waals surface area contributed by atoms with Gasteiger partial charge < -0.3 is 20.8 Å². The second-order valence-electron chi connectivity index (χ2n) is 4.86. The van der Waals surface area contributed by atoms with Crippen molar-refractivity contribution in [3.8, 4) is 5.75 Å². The molecule has 2 amide bonds. The van der Waals surface area contributed by atoms with Crippen LogP contribution in [0.15, 0.2) is 24.3 Å². The Kier molecular flexibility index (Phi) is 6.88. The summed E-state index contributed by atoms with van der Waals surface area (Å²) in [4.78, 5) is 33.8. The summed E-state index contributed by atoms with van der Waals surface area (Å²) in [6.45, 7) is 1.88. The minimum atomic E-state index is -1.14. The molecule has 0 radical (unpaired) electrons. The lowest BCUT2D eigenvalue weighted by atomic mass is 10.1. The Morgan fingerprint density at radius 3 is 2.45 bits per heavy atom. The summed E-state index contributed by atoms with van der Waals surface area (Å²) in [5.74, 6) is -2.10. The zero-order valence-electron chi connectivity index (χ0n) is 12.3. The highest BCUT2D eigenvalue weighted by Crippen LogP contribution is 2.15. The van der Waals surface area contributed by atoms with Crippen LogP contribution in [0, 0.1) is 0 Å². The number of unbranched alkanes of at least 4 members (excludes halogenated alkanes) is 1. The van der Waals surface area contributed by atoms with Gasteiger partial charge in [0.15, 0.2) is 0 Å². The Morgan fingerprint density at radius 1 is 1.18 bits per heavy atom. The number of phenolic OH excluding ortho intramolecular Hbond substituents is 1. The van der Waals surface area contributed by atoms with E-state index in [-0.39, 0.29) is 23.6 Å². The molecule has 0 aromatic heterocycles. The number of carboxylic acids is 1. The molecular formula is C15H20N2O5. The van der Waals surface area contributed by atoms with Crippen LogP contribution in [0.3, 0.4) is 0 Å². The lowest BCUT2D eigenvalue weighted by molar-refractivity contribution is -0.139. The van der Waals surface area contributed by atoms with E-state index in [0.717, 1.165) is 0 Å². The summed E-state index contributed by atoms with van der Waals surface area (Å²) in [7, 11) is 0. The van der Waals surface area contributed by atoms with Gasteiger partial charge in [0.2, 0.25) is 5.91 Å². The summed E-state index contributed by atoms with van der Waals surface area (Å²) in [5, 5.41) is 23.7. The summed E-state index contributed by atoms with van der Waals surface area (Å²) < 4.78 is 0. The fraction of sp³-hybridized carbons (Fsp3) is 0.400. The number of benzene rings is 1. The SMILES string of the molecule is CC(=O)NCCCC[C@@H](NC(=O)c1ccccc1O)C(=O)O. The third kappa shape index (κ3) is 5.82. The molecule has 1 rings (SSSR count). The van der Waals surface area contributed by atoms with Crippen molar-refractivity contribution in [2.24, 2.45) is 0 Å². The van der Waals surface area contributed by atoms with Crippen molar-refractivity contribution in [3.63, 3.8) is 0 Å². The molecule has 0 heterocycles. The predicted octanol–water partition coefficient (Wildman–Crippen LogP) is 0.882. The first-order chi connectivity index (χ1) is 10.4. The molecule has 0 spiro atoms. The van der Waals surface area contributed by atoms with Gasteiger partial charge in [0.1, 0.15) is 11.8 Å². The van der Waals surface area contributed by atoms with E-state index in [4.69, 9.17) is 5.11 Å². The zero-order valence-corrected chi connectivity index (χ0v) is 12.3. The molecule has 120 valence electrons. The molecule has 7 nitrogen and oxygen atoms in total. The number of para-hydroxylation sites is 1. The van der Waals surface area contributed by atoms with Crippen molar-refractivity contribution in [2.75, 3.05) is 6.54 Å². The number of amides is 2. The van der Waals surface area contributed by atoms with Crippen molar-refractivity contribution in [3.05, 3.63) is 29.8 Å². The van der Waals surface area contributed by atoms with Crippen LogP contribution < -0.4 is 10.6 Å². The maximum absolute atomic E-state index is 12.0. The normalized spacial score (nSPS) is 11.5. The van der Waals surface area contributed by atoms with Crippen LogP contribution in [0.5, 0.6) is 5.75 Å². The maximum atomic E-state index is 12.0. The molecule has 7 heteroatoms. The predicted molar refractivity (Wildman–Crippen MR) is 79.5 cm³/mol. The number of nitrogens with one attached hydrogen (secondary N) is 2. The van der Waals surface area contributed by atoms with E-state index in [1.165, 1.54) is 19.1 Å². The number of phenols is 1. The van der Waals surface area contributed by atoms with Crippen LogP contribution in [0.4, 0.5) is 0 Å². The van der Waals surface area contributed by atoms with Gasteiger partial charge in [-0.25, -0.2) is 4.79 Å². The second kappa shape index (κ2) is 8.66. The molecule has 22 heavy (non-hydrogen) atoms. The van der Waals surface area contributed by atoms with Gasteiger partial charge in [-0.1, -0.05) is 12.1 Å². The minimum absolute atomic E-state index is 0.0343. The van der Waals surface area contributed by atoms with E-state index in [1.807, 2.05) is 0 Å². The monoisotopic (exact) mass is 308 g/mol. The summed E-state index contributed by atoms with van der Waals surface area (Å²) in [6, 6.07) is 4.89. The van der Waals surface area contributed by atoms with Crippen LogP contribution in [0.1, 0.15) is 36.5 Å². The fourth-order valence-corrected chi connectivity index (χ4v) is 1.90. The first-order valence-electron chi connectivity index (χ1n) is 6.98. The van der Waals surface area contributed by atoms with Gasteiger partial charge >= 0.3 is 5.97 Å². The lowest BCUT2D eigenvalue weighted by Gasteiger charge is -2.15. The second-order valence-corrected chi connectivity index (χ2v) is 4.86. The van der Waals surface area contributed by atoms with Gasteiger partial charge in [0.05, 0.1) is 5.56 Å². The first kappa shape index (κ1) is 17.5. The Hall–Kier alpha value is -2.57. The van der Waals surface area contributed by atoms with E-state index in [1.54, 1.807) is 12.1 Å². The van der Waals surface area contributed by atoms with Gasteiger partial charge in [-0.3, -0.25) is 9.59 Å². The van der Waals surface area contributed by atoms with Gasteiger partial charge in [-0.15, -0.1) is 0 Å². The van der Waals surface area contributed by atoms with Crippen molar-refractivity contribution in [1.82, 2.24) is 10.6 Å². The zero-order chi connectivity index (χ0) is 16.5. The molecule has 0 aliphatic carbocycles. The third-order valence-corrected chi connectivity index (χ3v) is 3.05. The molecule has 0 fully saturated rings. The van der Waals surface area contributed by atoms with Gasteiger partial charge in [0, 0.05) is 13.5 Å². The standard InChI is InChI=1S/C15H20N2O5/c1-10(18)16-9-5-4-7-12(15(21)22)17-14(20)11-6-2-3-8-13(11)19/h2-3,6,8,12,19H,4-5,7,9H2,1H3,(H,16,18)(H,17,20)(H,21,22)/t12-/m1/s1. The summed E-state index contributed by atoms with van der Waals surface area (Å²) >= 11 is 0. The molecule has 0 unspecified atom stereocenters. The van der Waals surface area contributed by atoms with Crippen LogP contribution in [0.25, 0.3) is 0 Å². The molecule has 0 bridgehead atoms. The van der Waals surface area contributed by atoms with E-state index in [9.17, 15) is 19.5 Å². The van der Waals surface area contributed by atoms with Crippen molar-refractivity contribution in [2.45, 2.75) is 32.2 Å².